The van der Waals surface area contributed by atoms with Crippen LogP contribution in [0.3, 0.4) is 0 Å². The first-order valence-electron chi connectivity index (χ1n) is 4.79. The van der Waals surface area contributed by atoms with Gasteiger partial charge in [-0.05, 0) is 53.9 Å². The van der Waals surface area contributed by atoms with E-state index in [9.17, 15) is 4.79 Å². The minimum Gasteiger partial charge on any atom is -0.495 e. The molecule has 15 heavy (non-hydrogen) atoms. The molecule has 2 nitrogen and oxygen atoms in total. The number of methoxy groups -OCH3 is 1. The van der Waals surface area contributed by atoms with E-state index in [1.54, 1.807) is 14.0 Å². The molecule has 0 N–H and O–H groups in total. The second-order valence-electron chi connectivity index (χ2n) is 3.69. The molecule has 0 aliphatic carbocycles. The van der Waals surface area contributed by atoms with Gasteiger partial charge in [-0.3, -0.25) is 4.79 Å². The summed E-state index contributed by atoms with van der Waals surface area (Å²) in [4.78, 5) is 11.2. The van der Waals surface area contributed by atoms with Gasteiger partial charge in [0.25, 0.3) is 0 Å². The van der Waals surface area contributed by atoms with E-state index < -0.39 is 0 Å². The van der Waals surface area contributed by atoms with E-state index in [2.05, 4.69) is 15.9 Å². The third-order valence-corrected chi connectivity index (χ3v) is 3.10. The van der Waals surface area contributed by atoms with Gasteiger partial charge in [-0.25, -0.2) is 0 Å². The summed E-state index contributed by atoms with van der Waals surface area (Å²) < 4.78 is 6.22. The van der Waals surface area contributed by atoms with Gasteiger partial charge < -0.3 is 4.74 Å². The molecule has 0 fully saturated rings. The Balaban J connectivity index is 3.36. The maximum Gasteiger partial charge on any atom is 0.136 e. The SMILES string of the molecule is COc1c(Br)cc(C)c(C)c1CC(C)=O. The Morgan fingerprint density at radius 1 is 1.47 bits per heavy atom. The summed E-state index contributed by atoms with van der Waals surface area (Å²) in [6, 6.07) is 2.01. The van der Waals surface area contributed by atoms with Crippen LogP contribution in [0.25, 0.3) is 0 Å². The molecular formula is C12H15BrO2. The molecule has 0 atom stereocenters. The Labute approximate surface area is 98.8 Å². The van der Waals surface area contributed by atoms with Crippen molar-refractivity contribution in [1.29, 1.82) is 0 Å². The molecule has 0 unspecified atom stereocenters. The Kier molecular flexibility index (Phi) is 3.91. The molecule has 3 heteroatoms. The predicted octanol–water partition coefficient (Wildman–Crippen LogP) is 3.21. The molecule has 1 rings (SSSR count). The summed E-state index contributed by atoms with van der Waals surface area (Å²) >= 11 is 3.45. The highest BCUT2D eigenvalue weighted by Crippen LogP contribution is 2.33. The largest absolute Gasteiger partial charge is 0.495 e. The topological polar surface area (TPSA) is 26.3 Å². The third-order valence-electron chi connectivity index (χ3n) is 2.51. The number of ketones is 1. The van der Waals surface area contributed by atoms with Crippen molar-refractivity contribution >= 4 is 21.7 Å². The number of rotatable bonds is 3. The van der Waals surface area contributed by atoms with Crippen molar-refractivity contribution in [2.75, 3.05) is 7.11 Å². The van der Waals surface area contributed by atoms with E-state index in [-0.39, 0.29) is 5.78 Å². The van der Waals surface area contributed by atoms with Gasteiger partial charge in [0.15, 0.2) is 0 Å². The van der Waals surface area contributed by atoms with E-state index in [4.69, 9.17) is 4.74 Å². The van der Waals surface area contributed by atoms with Crippen LogP contribution >= 0.6 is 15.9 Å². The monoisotopic (exact) mass is 270 g/mol. The summed E-state index contributed by atoms with van der Waals surface area (Å²) in [6.07, 6.45) is 0.426. The lowest BCUT2D eigenvalue weighted by Crippen LogP contribution is -2.04. The molecule has 0 bridgehead atoms. The molecule has 0 heterocycles. The third kappa shape index (κ3) is 2.59. The van der Waals surface area contributed by atoms with Gasteiger partial charge in [0.05, 0.1) is 11.6 Å². The highest BCUT2D eigenvalue weighted by Gasteiger charge is 2.14. The number of ether oxygens (including phenoxy) is 1. The van der Waals surface area contributed by atoms with Crippen LogP contribution in [0.15, 0.2) is 10.5 Å². The molecule has 1 aromatic rings. The molecule has 0 aromatic heterocycles. The van der Waals surface area contributed by atoms with Crippen LogP contribution in [0.1, 0.15) is 23.6 Å². The van der Waals surface area contributed by atoms with Gasteiger partial charge in [-0.1, -0.05) is 0 Å². The molecule has 1 aromatic carbocycles. The quantitative estimate of drug-likeness (QED) is 0.843. The zero-order chi connectivity index (χ0) is 11.6. The van der Waals surface area contributed by atoms with Crippen LogP contribution in [-0.4, -0.2) is 12.9 Å². The zero-order valence-corrected chi connectivity index (χ0v) is 11.1. The highest BCUT2D eigenvalue weighted by molar-refractivity contribution is 9.10. The minimum atomic E-state index is 0.147. The lowest BCUT2D eigenvalue weighted by atomic mass is 9.98. The van der Waals surface area contributed by atoms with Crippen LogP contribution in [-0.2, 0) is 11.2 Å². The van der Waals surface area contributed by atoms with Crippen LogP contribution < -0.4 is 4.74 Å². The maximum atomic E-state index is 11.2. The second kappa shape index (κ2) is 4.79. The van der Waals surface area contributed by atoms with Crippen LogP contribution in [0.2, 0.25) is 0 Å². The van der Waals surface area contributed by atoms with Crippen molar-refractivity contribution < 1.29 is 9.53 Å². The summed E-state index contributed by atoms with van der Waals surface area (Å²) in [5.41, 5.74) is 3.28. The van der Waals surface area contributed by atoms with Crippen LogP contribution in [0.5, 0.6) is 5.75 Å². The normalized spacial score (nSPS) is 10.2. The van der Waals surface area contributed by atoms with Crippen molar-refractivity contribution in [2.24, 2.45) is 0 Å². The molecule has 0 aliphatic rings. The van der Waals surface area contributed by atoms with Gasteiger partial charge in [-0.15, -0.1) is 0 Å². The van der Waals surface area contributed by atoms with Gasteiger partial charge in [0, 0.05) is 12.0 Å². The van der Waals surface area contributed by atoms with E-state index in [1.807, 2.05) is 19.9 Å². The number of hydrogen-bond donors (Lipinski definition) is 0. The van der Waals surface area contributed by atoms with Crippen LogP contribution in [0.4, 0.5) is 0 Å². The maximum absolute atomic E-state index is 11.2. The van der Waals surface area contributed by atoms with Gasteiger partial charge in [0.1, 0.15) is 11.5 Å². The number of halogens is 1. The van der Waals surface area contributed by atoms with E-state index in [1.165, 1.54) is 5.56 Å². The Hall–Kier alpha value is -0.830. The lowest BCUT2D eigenvalue weighted by Gasteiger charge is -2.14. The van der Waals surface area contributed by atoms with Crippen molar-refractivity contribution in [3.05, 3.63) is 27.2 Å². The van der Waals surface area contributed by atoms with Crippen molar-refractivity contribution in [3.63, 3.8) is 0 Å². The molecule has 82 valence electrons. The summed E-state index contributed by atoms with van der Waals surface area (Å²) in [6.45, 7) is 5.64. The molecule has 0 spiro atoms. The summed E-state index contributed by atoms with van der Waals surface area (Å²) in [7, 11) is 1.62. The first-order chi connectivity index (χ1) is 6.97. The molecular weight excluding hydrogens is 256 g/mol. The van der Waals surface area contributed by atoms with E-state index in [0.29, 0.717) is 6.42 Å². The summed E-state index contributed by atoms with van der Waals surface area (Å²) in [5, 5.41) is 0. The Morgan fingerprint density at radius 3 is 2.53 bits per heavy atom. The number of carbonyl (C=O) groups is 1. The molecule has 0 radical (unpaired) electrons. The van der Waals surface area contributed by atoms with Crippen molar-refractivity contribution in [2.45, 2.75) is 27.2 Å². The van der Waals surface area contributed by atoms with Crippen molar-refractivity contribution in [1.82, 2.24) is 0 Å². The molecule has 0 amide bonds. The predicted molar refractivity (Wildman–Crippen MR) is 64.6 cm³/mol. The van der Waals surface area contributed by atoms with E-state index >= 15 is 0 Å². The standard InChI is InChI=1S/C12H15BrO2/c1-7-5-11(13)12(15-4)10(9(7)3)6-8(2)14/h5H,6H2,1-4H3. The fourth-order valence-electron chi connectivity index (χ4n) is 1.60. The average Bonchev–Trinajstić information content (AvgIpc) is 2.13. The number of hydrogen-bond acceptors (Lipinski definition) is 2. The van der Waals surface area contributed by atoms with Gasteiger partial charge >= 0.3 is 0 Å². The average molecular weight is 271 g/mol. The minimum absolute atomic E-state index is 0.147. The fourth-order valence-corrected chi connectivity index (χ4v) is 2.34. The zero-order valence-electron chi connectivity index (χ0n) is 9.48. The van der Waals surface area contributed by atoms with E-state index in [0.717, 1.165) is 21.3 Å². The fraction of sp³-hybridized carbons (Fsp3) is 0.417. The smallest absolute Gasteiger partial charge is 0.136 e. The molecule has 0 saturated heterocycles. The second-order valence-corrected chi connectivity index (χ2v) is 4.55. The molecule has 0 saturated carbocycles. The molecule has 0 aliphatic heterocycles. The number of Topliss-reactive ketones (excluding diaryl/α,β-unsaturated/α-hetero) is 1. The summed E-state index contributed by atoms with van der Waals surface area (Å²) in [5.74, 6) is 0.919. The number of carbonyl (C=O) groups excluding carboxylic acids is 1. The number of aryl methyl sites for hydroxylation is 1. The lowest BCUT2D eigenvalue weighted by molar-refractivity contribution is -0.116. The Morgan fingerprint density at radius 2 is 2.07 bits per heavy atom. The first-order valence-corrected chi connectivity index (χ1v) is 5.58. The first kappa shape index (κ1) is 12.2. The van der Waals surface area contributed by atoms with Crippen molar-refractivity contribution in [3.8, 4) is 5.75 Å². The Bertz CT molecular complexity index is 397. The van der Waals surface area contributed by atoms with Crippen LogP contribution in [0, 0.1) is 13.8 Å². The van der Waals surface area contributed by atoms with Gasteiger partial charge in [0.2, 0.25) is 0 Å². The van der Waals surface area contributed by atoms with Gasteiger partial charge in [-0.2, -0.15) is 0 Å². The number of benzene rings is 1. The highest BCUT2D eigenvalue weighted by atomic mass is 79.9.